The maximum Gasteiger partial charge on any atom is 0.416 e. The summed E-state index contributed by atoms with van der Waals surface area (Å²) in [5, 5.41) is 5.32. The predicted molar refractivity (Wildman–Crippen MR) is 97.7 cm³/mol. The Kier molecular flexibility index (Phi) is 8.25. The van der Waals surface area contributed by atoms with Gasteiger partial charge < -0.3 is 20.4 Å². The normalized spacial score (nSPS) is 19.9. The summed E-state index contributed by atoms with van der Waals surface area (Å²) < 4.78 is 38.5. The van der Waals surface area contributed by atoms with Crippen LogP contribution in [0.5, 0.6) is 0 Å². The van der Waals surface area contributed by atoms with Gasteiger partial charge in [0, 0.05) is 12.1 Å². The number of hydrogen-bond donors (Lipinski definition) is 4. The van der Waals surface area contributed by atoms with E-state index in [1.54, 1.807) is 6.07 Å². The van der Waals surface area contributed by atoms with Gasteiger partial charge in [-0.05, 0) is 18.6 Å². The van der Waals surface area contributed by atoms with E-state index in [1.165, 1.54) is 17.0 Å². The highest BCUT2D eigenvalue weighted by Gasteiger charge is 2.31. The number of halogens is 3. The topological polar surface area (TPSA) is 67.1 Å². The lowest BCUT2D eigenvalue weighted by atomic mass is 10.1. The van der Waals surface area contributed by atoms with Gasteiger partial charge in [0.05, 0.1) is 12.1 Å². The summed E-state index contributed by atoms with van der Waals surface area (Å²) in [5.74, 6) is -0.358. The first-order valence-corrected chi connectivity index (χ1v) is 9.64. The van der Waals surface area contributed by atoms with Gasteiger partial charge in [-0.3, -0.25) is 9.59 Å². The molecule has 0 bridgehead atoms. The van der Waals surface area contributed by atoms with Gasteiger partial charge in [-0.25, -0.2) is 0 Å². The van der Waals surface area contributed by atoms with E-state index in [4.69, 9.17) is 0 Å². The highest BCUT2D eigenvalue weighted by atomic mass is 19.4. The van der Waals surface area contributed by atoms with Gasteiger partial charge >= 0.3 is 6.18 Å². The first-order valence-electron chi connectivity index (χ1n) is 9.64. The van der Waals surface area contributed by atoms with Gasteiger partial charge in [-0.15, -0.1) is 0 Å². The van der Waals surface area contributed by atoms with Crippen molar-refractivity contribution in [3.05, 3.63) is 35.4 Å². The third kappa shape index (κ3) is 7.47. The number of alkyl halides is 3. The van der Waals surface area contributed by atoms with Crippen molar-refractivity contribution in [2.24, 2.45) is 0 Å². The van der Waals surface area contributed by atoms with E-state index < -0.39 is 11.7 Å². The molecule has 0 aromatic heterocycles. The maximum atomic E-state index is 12.8. The molecule has 1 saturated heterocycles. The minimum absolute atomic E-state index is 0.0148. The van der Waals surface area contributed by atoms with Crippen LogP contribution in [0.15, 0.2) is 24.3 Å². The number of carbonyl (C=O) groups excluding carboxylic acids is 2. The van der Waals surface area contributed by atoms with E-state index in [0.29, 0.717) is 25.2 Å². The molecule has 0 spiro atoms. The van der Waals surface area contributed by atoms with Crippen LogP contribution in [0.4, 0.5) is 13.2 Å². The zero-order valence-electron chi connectivity index (χ0n) is 16.1. The number of piperazine rings is 1. The monoisotopic (exact) mass is 402 g/mol. The SMILES string of the molecule is CCCNC(=O)CNC(=O)C[NH+]1CC[NH+](Cc2cccc(C(F)(F)F)c2)CC1. The number of quaternary nitrogens is 2. The van der Waals surface area contributed by atoms with Crippen LogP contribution in [0.3, 0.4) is 0 Å². The van der Waals surface area contributed by atoms with E-state index in [-0.39, 0.29) is 18.4 Å². The molecular weight excluding hydrogens is 373 g/mol. The predicted octanol–water partition coefficient (Wildman–Crippen LogP) is -1.37. The van der Waals surface area contributed by atoms with Crippen LogP contribution in [0.25, 0.3) is 0 Å². The quantitative estimate of drug-likeness (QED) is 0.434. The molecule has 0 atom stereocenters. The number of carbonyl (C=O) groups is 2. The Labute approximate surface area is 163 Å². The van der Waals surface area contributed by atoms with Gasteiger partial charge in [-0.1, -0.05) is 19.1 Å². The lowest BCUT2D eigenvalue weighted by Crippen LogP contribution is -3.28. The molecule has 0 radical (unpaired) electrons. The molecule has 28 heavy (non-hydrogen) atoms. The second-order valence-corrected chi connectivity index (χ2v) is 7.18. The average molecular weight is 402 g/mol. The first kappa shape index (κ1) is 22.2. The summed E-state index contributed by atoms with van der Waals surface area (Å²) in [6.07, 6.45) is -3.48. The molecule has 6 nitrogen and oxygen atoms in total. The lowest BCUT2D eigenvalue weighted by molar-refractivity contribution is -1.02. The minimum atomic E-state index is -4.32. The Morgan fingerprint density at radius 2 is 1.71 bits per heavy atom. The molecule has 1 aromatic rings. The van der Waals surface area contributed by atoms with Gasteiger partial charge in [0.1, 0.15) is 32.7 Å². The Balaban J connectivity index is 1.71. The molecule has 0 aliphatic carbocycles. The van der Waals surface area contributed by atoms with Gasteiger partial charge in [-0.2, -0.15) is 13.2 Å². The number of nitrogens with one attached hydrogen (secondary N) is 4. The largest absolute Gasteiger partial charge is 0.416 e. The molecule has 1 heterocycles. The van der Waals surface area contributed by atoms with Crippen molar-refractivity contribution in [3.63, 3.8) is 0 Å². The molecule has 2 amide bonds. The lowest BCUT2D eigenvalue weighted by Gasteiger charge is -2.29. The molecular formula is C19H29F3N4O2+2. The second kappa shape index (κ2) is 10.4. The van der Waals surface area contributed by atoms with E-state index >= 15 is 0 Å². The van der Waals surface area contributed by atoms with Crippen LogP contribution in [-0.2, 0) is 22.3 Å². The minimum Gasteiger partial charge on any atom is -0.355 e. The van der Waals surface area contributed by atoms with Crippen molar-refractivity contribution in [1.29, 1.82) is 0 Å². The van der Waals surface area contributed by atoms with Crippen molar-refractivity contribution >= 4 is 11.8 Å². The zero-order chi connectivity index (χ0) is 20.6. The van der Waals surface area contributed by atoms with Crippen LogP contribution in [0.2, 0.25) is 0 Å². The van der Waals surface area contributed by atoms with Crippen LogP contribution >= 0.6 is 0 Å². The fourth-order valence-electron chi connectivity index (χ4n) is 3.25. The molecule has 1 aromatic carbocycles. The number of amides is 2. The van der Waals surface area contributed by atoms with Gasteiger partial charge in [0.2, 0.25) is 5.91 Å². The Hall–Kier alpha value is -2.13. The molecule has 1 aliphatic rings. The van der Waals surface area contributed by atoms with Gasteiger partial charge in [0.15, 0.2) is 6.54 Å². The third-order valence-electron chi connectivity index (χ3n) is 4.80. The fourth-order valence-corrected chi connectivity index (χ4v) is 3.25. The number of hydrogen-bond acceptors (Lipinski definition) is 2. The Bertz CT molecular complexity index is 659. The molecule has 0 unspecified atom stereocenters. The average Bonchev–Trinajstić information content (AvgIpc) is 2.66. The molecule has 1 fully saturated rings. The van der Waals surface area contributed by atoms with E-state index in [0.717, 1.165) is 43.6 Å². The van der Waals surface area contributed by atoms with Crippen LogP contribution in [0, 0.1) is 0 Å². The highest BCUT2D eigenvalue weighted by Crippen LogP contribution is 2.29. The number of benzene rings is 1. The smallest absolute Gasteiger partial charge is 0.355 e. The third-order valence-corrected chi connectivity index (χ3v) is 4.80. The Morgan fingerprint density at radius 1 is 1.04 bits per heavy atom. The van der Waals surface area contributed by atoms with Crippen molar-refractivity contribution in [3.8, 4) is 0 Å². The first-order chi connectivity index (χ1) is 13.3. The molecule has 1 aliphatic heterocycles. The summed E-state index contributed by atoms with van der Waals surface area (Å²) in [7, 11) is 0. The Morgan fingerprint density at radius 3 is 2.36 bits per heavy atom. The van der Waals surface area contributed by atoms with E-state index in [2.05, 4.69) is 10.6 Å². The molecule has 2 rings (SSSR count). The molecule has 0 saturated carbocycles. The summed E-state index contributed by atoms with van der Waals surface area (Å²) in [6, 6.07) is 5.46. The summed E-state index contributed by atoms with van der Waals surface area (Å²) in [4.78, 5) is 25.8. The molecule has 156 valence electrons. The van der Waals surface area contributed by atoms with Crippen LogP contribution < -0.4 is 20.4 Å². The van der Waals surface area contributed by atoms with Crippen molar-refractivity contribution in [1.82, 2.24) is 10.6 Å². The number of rotatable bonds is 8. The van der Waals surface area contributed by atoms with Crippen molar-refractivity contribution < 1.29 is 32.6 Å². The van der Waals surface area contributed by atoms with E-state index in [1.807, 2.05) is 6.92 Å². The zero-order valence-corrected chi connectivity index (χ0v) is 16.1. The summed E-state index contributed by atoms with van der Waals surface area (Å²) in [5.41, 5.74) is 0.0532. The molecule has 9 heteroatoms. The fraction of sp³-hybridized carbons (Fsp3) is 0.579. The highest BCUT2D eigenvalue weighted by molar-refractivity contribution is 5.84. The second-order valence-electron chi connectivity index (χ2n) is 7.18. The standard InChI is InChI=1S/C19H27F3N4O2/c1-2-6-23-17(27)12-24-18(28)14-26-9-7-25(8-10-26)13-15-4-3-5-16(11-15)19(20,21)22/h3-5,11H,2,6-10,12-14H2,1H3,(H,23,27)(H,24,28)/p+2. The summed E-state index contributed by atoms with van der Waals surface area (Å²) >= 11 is 0. The van der Waals surface area contributed by atoms with Crippen molar-refractivity contribution in [2.75, 3.05) is 45.8 Å². The van der Waals surface area contributed by atoms with Crippen molar-refractivity contribution in [2.45, 2.75) is 26.1 Å². The van der Waals surface area contributed by atoms with Gasteiger partial charge in [0.25, 0.3) is 5.91 Å². The van der Waals surface area contributed by atoms with E-state index in [9.17, 15) is 22.8 Å². The summed E-state index contributed by atoms with van der Waals surface area (Å²) in [6.45, 7) is 6.49. The van der Waals surface area contributed by atoms with Crippen LogP contribution in [-0.4, -0.2) is 57.6 Å². The molecule has 4 N–H and O–H groups in total. The van der Waals surface area contributed by atoms with Crippen LogP contribution in [0.1, 0.15) is 24.5 Å². The maximum absolute atomic E-state index is 12.8.